The summed E-state index contributed by atoms with van der Waals surface area (Å²) in [5.74, 6) is 0.877. The molecule has 1 heteroatoms. The molecule has 2 atom stereocenters. The number of halogens is 1. The Balaban J connectivity index is 2.30. The Morgan fingerprint density at radius 3 is 2.78 bits per heavy atom. The van der Waals surface area contributed by atoms with E-state index < -0.39 is 0 Å². The van der Waals surface area contributed by atoms with Gasteiger partial charge in [-0.2, -0.15) is 0 Å². The van der Waals surface area contributed by atoms with E-state index in [1.165, 1.54) is 25.7 Å². The van der Waals surface area contributed by atoms with Crippen LogP contribution in [-0.2, 0) is 0 Å². The Bertz CT molecular complexity index is 98.7. The van der Waals surface area contributed by atoms with Crippen molar-refractivity contribution in [2.45, 2.75) is 30.5 Å². The van der Waals surface area contributed by atoms with Gasteiger partial charge in [-0.1, -0.05) is 28.4 Å². The molecular weight excluding hydrogens is 176 g/mol. The average Bonchev–Trinajstić information content (AvgIpc) is 2.18. The predicted octanol–water partition coefficient (Wildman–Crippen LogP) is 3.13. The molecule has 0 saturated heterocycles. The summed E-state index contributed by atoms with van der Waals surface area (Å²) in [5.41, 5.74) is 0. The first kappa shape index (κ1) is 7.33. The SMILES string of the molecule is C=CCC1CCCC1Br. The van der Waals surface area contributed by atoms with E-state index in [0.29, 0.717) is 0 Å². The highest BCUT2D eigenvalue weighted by molar-refractivity contribution is 9.09. The Morgan fingerprint density at radius 2 is 2.33 bits per heavy atom. The zero-order valence-electron chi connectivity index (χ0n) is 5.65. The summed E-state index contributed by atoms with van der Waals surface area (Å²) >= 11 is 3.66. The Labute approximate surface area is 65.5 Å². The molecule has 0 N–H and O–H groups in total. The average molecular weight is 189 g/mol. The lowest BCUT2D eigenvalue weighted by Gasteiger charge is -2.09. The van der Waals surface area contributed by atoms with Gasteiger partial charge in [0.25, 0.3) is 0 Å². The lowest BCUT2D eigenvalue weighted by atomic mass is 10.0. The molecule has 0 radical (unpaired) electrons. The Hall–Kier alpha value is 0.220. The van der Waals surface area contributed by atoms with Gasteiger partial charge in [-0.3, -0.25) is 0 Å². The molecule has 52 valence electrons. The second-order valence-electron chi connectivity index (χ2n) is 2.73. The summed E-state index contributed by atoms with van der Waals surface area (Å²) < 4.78 is 0. The fourth-order valence-electron chi connectivity index (χ4n) is 1.47. The van der Waals surface area contributed by atoms with Crippen LogP contribution >= 0.6 is 15.9 Å². The Kier molecular flexibility index (Phi) is 2.77. The summed E-state index contributed by atoms with van der Waals surface area (Å²) in [6.45, 7) is 3.74. The molecule has 0 nitrogen and oxygen atoms in total. The van der Waals surface area contributed by atoms with Crippen molar-refractivity contribution < 1.29 is 0 Å². The third-order valence-corrected chi connectivity index (χ3v) is 3.24. The van der Waals surface area contributed by atoms with E-state index in [9.17, 15) is 0 Å². The van der Waals surface area contributed by atoms with Crippen molar-refractivity contribution in [2.75, 3.05) is 0 Å². The van der Waals surface area contributed by atoms with E-state index in [4.69, 9.17) is 0 Å². The highest BCUT2D eigenvalue weighted by atomic mass is 79.9. The summed E-state index contributed by atoms with van der Waals surface area (Å²) in [5, 5.41) is 0. The van der Waals surface area contributed by atoms with E-state index in [2.05, 4.69) is 22.5 Å². The van der Waals surface area contributed by atoms with Gasteiger partial charge in [-0.05, 0) is 25.2 Å². The summed E-state index contributed by atoms with van der Waals surface area (Å²) in [4.78, 5) is 0.774. The minimum absolute atomic E-state index is 0.774. The maximum absolute atomic E-state index is 3.74. The smallest absolute Gasteiger partial charge is 0.0177 e. The van der Waals surface area contributed by atoms with Crippen LogP contribution in [-0.4, -0.2) is 4.83 Å². The van der Waals surface area contributed by atoms with Crippen molar-refractivity contribution in [2.24, 2.45) is 5.92 Å². The number of hydrogen-bond acceptors (Lipinski definition) is 0. The van der Waals surface area contributed by atoms with Crippen LogP contribution in [0.4, 0.5) is 0 Å². The topological polar surface area (TPSA) is 0 Å². The zero-order valence-corrected chi connectivity index (χ0v) is 7.23. The molecule has 1 aliphatic rings. The van der Waals surface area contributed by atoms with Crippen LogP contribution in [0.1, 0.15) is 25.7 Å². The monoisotopic (exact) mass is 188 g/mol. The van der Waals surface area contributed by atoms with Crippen molar-refractivity contribution in [3.63, 3.8) is 0 Å². The Morgan fingerprint density at radius 1 is 1.56 bits per heavy atom. The fraction of sp³-hybridized carbons (Fsp3) is 0.750. The minimum Gasteiger partial charge on any atom is -0.103 e. The third-order valence-electron chi connectivity index (χ3n) is 2.04. The van der Waals surface area contributed by atoms with Crippen LogP contribution in [0.15, 0.2) is 12.7 Å². The van der Waals surface area contributed by atoms with Crippen LogP contribution in [0.5, 0.6) is 0 Å². The number of allylic oxidation sites excluding steroid dienone is 1. The van der Waals surface area contributed by atoms with Crippen molar-refractivity contribution in [1.82, 2.24) is 0 Å². The predicted molar refractivity (Wildman–Crippen MR) is 44.9 cm³/mol. The molecule has 2 unspecified atom stereocenters. The van der Waals surface area contributed by atoms with Gasteiger partial charge in [0.2, 0.25) is 0 Å². The van der Waals surface area contributed by atoms with E-state index >= 15 is 0 Å². The number of rotatable bonds is 2. The second kappa shape index (κ2) is 3.40. The molecule has 0 aromatic carbocycles. The van der Waals surface area contributed by atoms with Gasteiger partial charge in [0, 0.05) is 4.83 Å². The largest absolute Gasteiger partial charge is 0.103 e. The molecular formula is C8H13Br. The van der Waals surface area contributed by atoms with Crippen molar-refractivity contribution in [3.05, 3.63) is 12.7 Å². The van der Waals surface area contributed by atoms with Gasteiger partial charge < -0.3 is 0 Å². The van der Waals surface area contributed by atoms with Gasteiger partial charge in [0.15, 0.2) is 0 Å². The van der Waals surface area contributed by atoms with Crippen LogP contribution in [0.2, 0.25) is 0 Å². The zero-order chi connectivity index (χ0) is 6.69. The maximum atomic E-state index is 3.74. The van der Waals surface area contributed by atoms with Crippen LogP contribution < -0.4 is 0 Å². The van der Waals surface area contributed by atoms with Crippen molar-refractivity contribution >= 4 is 15.9 Å². The molecule has 9 heavy (non-hydrogen) atoms. The molecule has 0 aromatic rings. The number of alkyl halides is 1. The van der Waals surface area contributed by atoms with Crippen molar-refractivity contribution in [3.8, 4) is 0 Å². The third kappa shape index (κ3) is 1.82. The van der Waals surface area contributed by atoms with Crippen LogP contribution in [0, 0.1) is 5.92 Å². The quantitative estimate of drug-likeness (QED) is 0.462. The summed E-state index contributed by atoms with van der Waals surface area (Å²) in [6, 6.07) is 0. The van der Waals surface area contributed by atoms with Gasteiger partial charge in [-0.15, -0.1) is 6.58 Å². The summed E-state index contributed by atoms with van der Waals surface area (Å²) in [6.07, 6.45) is 7.37. The lowest BCUT2D eigenvalue weighted by Crippen LogP contribution is -2.03. The molecule has 1 aliphatic carbocycles. The molecule has 0 heterocycles. The van der Waals surface area contributed by atoms with Crippen molar-refractivity contribution in [1.29, 1.82) is 0 Å². The fourth-order valence-corrected chi connectivity index (χ4v) is 2.28. The molecule has 1 rings (SSSR count). The number of hydrogen-bond donors (Lipinski definition) is 0. The van der Waals surface area contributed by atoms with E-state index in [1.54, 1.807) is 0 Å². The molecule has 1 saturated carbocycles. The molecule has 0 aliphatic heterocycles. The van der Waals surface area contributed by atoms with Gasteiger partial charge in [0.05, 0.1) is 0 Å². The first-order valence-electron chi connectivity index (χ1n) is 3.59. The molecule has 0 bridgehead atoms. The molecule has 1 fully saturated rings. The maximum Gasteiger partial charge on any atom is 0.0177 e. The molecule has 0 spiro atoms. The molecule has 0 aromatic heterocycles. The van der Waals surface area contributed by atoms with Crippen LogP contribution in [0.25, 0.3) is 0 Å². The van der Waals surface area contributed by atoms with E-state index in [0.717, 1.165) is 10.7 Å². The second-order valence-corrected chi connectivity index (χ2v) is 3.91. The van der Waals surface area contributed by atoms with Gasteiger partial charge in [0.1, 0.15) is 0 Å². The minimum atomic E-state index is 0.774. The highest BCUT2D eigenvalue weighted by Crippen LogP contribution is 2.33. The van der Waals surface area contributed by atoms with E-state index in [-0.39, 0.29) is 0 Å². The standard InChI is InChI=1S/C8H13Br/c1-2-4-7-5-3-6-8(7)9/h2,7-8H,1,3-6H2. The highest BCUT2D eigenvalue weighted by Gasteiger charge is 2.22. The first-order chi connectivity index (χ1) is 4.34. The normalized spacial score (nSPS) is 34.8. The van der Waals surface area contributed by atoms with E-state index in [1.807, 2.05) is 6.08 Å². The molecule has 0 amide bonds. The van der Waals surface area contributed by atoms with Gasteiger partial charge >= 0.3 is 0 Å². The summed E-state index contributed by atoms with van der Waals surface area (Å²) in [7, 11) is 0. The van der Waals surface area contributed by atoms with Gasteiger partial charge in [-0.25, -0.2) is 0 Å². The first-order valence-corrected chi connectivity index (χ1v) is 4.51. The lowest BCUT2D eigenvalue weighted by molar-refractivity contribution is 0.575. The van der Waals surface area contributed by atoms with Crippen LogP contribution in [0.3, 0.4) is 0 Å².